The molecule has 0 fully saturated rings. The average Bonchev–Trinajstić information content (AvgIpc) is 2.57. The summed E-state index contributed by atoms with van der Waals surface area (Å²) in [5.74, 6) is 0. The lowest BCUT2D eigenvalue weighted by molar-refractivity contribution is -0.133. The molecule has 0 aliphatic heterocycles. The van der Waals surface area contributed by atoms with Gasteiger partial charge in [0.1, 0.15) is 30.5 Å². The van der Waals surface area contributed by atoms with Crippen LogP contribution in [0.25, 0.3) is 6.08 Å². The molecule has 1 aromatic carbocycles. The second-order valence-electron chi connectivity index (χ2n) is 4.78. The highest BCUT2D eigenvalue weighted by atomic mass is 16.4. The van der Waals surface area contributed by atoms with E-state index in [1.165, 1.54) is 12.4 Å². The predicted octanol–water partition coefficient (Wildman–Crippen LogP) is -2.02. The highest BCUT2D eigenvalue weighted by molar-refractivity contribution is 5.83. The van der Waals surface area contributed by atoms with E-state index in [0.717, 1.165) is 0 Å². The topological polar surface area (TPSA) is 138 Å². The lowest BCUT2D eigenvalue weighted by Gasteiger charge is -2.28. The third-order valence-corrected chi connectivity index (χ3v) is 3.16. The van der Waals surface area contributed by atoms with Crippen LogP contribution in [-0.4, -0.2) is 74.1 Å². The summed E-state index contributed by atoms with van der Waals surface area (Å²) < 4.78 is 0. The molecule has 5 atom stereocenters. The zero-order valence-electron chi connectivity index (χ0n) is 11.6. The maximum Gasteiger partial charge on any atom is 0.232 e. The molecule has 6 N–H and O–H groups in total. The first-order valence-electron chi connectivity index (χ1n) is 6.58. The summed E-state index contributed by atoms with van der Waals surface area (Å²) >= 11 is 0. The molecule has 121 valence electrons. The smallest absolute Gasteiger partial charge is 0.232 e. The van der Waals surface area contributed by atoms with E-state index in [0.29, 0.717) is 5.56 Å². The molecule has 0 saturated heterocycles. The van der Waals surface area contributed by atoms with Crippen molar-refractivity contribution in [2.24, 2.45) is 0 Å². The van der Waals surface area contributed by atoms with Gasteiger partial charge in [-0.3, -0.25) is 4.79 Å². The summed E-state index contributed by atoms with van der Waals surface area (Å²) in [6, 6.07) is 8.46. The lowest BCUT2D eigenvalue weighted by Crippen LogP contribution is -2.50. The first-order chi connectivity index (χ1) is 10.4. The maximum absolute atomic E-state index is 10.9. The van der Waals surface area contributed by atoms with Gasteiger partial charge in [-0.25, -0.2) is 0 Å². The normalized spacial score (nSPS) is 19.1. The molecule has 0 aromatic heterocycles. The van der Waals surface area contributed by atoms with Gasteiger partial charge in [0.25, 0.3) is 0 Å². The summed E-state index contributed by atoms with van der Waals surface area (Å²) in [4.78, 5) is 10.9. The van der Waals surface area contributed by atoms with Gasteiger partial charge in [-0.05, 0) is 11.6 Å². The molecule has 0 bridgehead atoms. The fraction of sp³-hybridized carbons (Fsp3) is 0.400. The number of aliphatic hydroxyl groups excluding tert-OH is 6. The van der Waals surface area contributed by atoms with E-state index in [2.05, 4.69) is 0 Å². The number of hydrogen-bond acceptors (Lipinski definition) is 7. The Kier molecular flexibility index (Phi) is 7.33. The zero-order valence-corrected chi connectivity index (χ0v) is 11.6. The Labute approximate surface area is 127 Å². The molecule has 0 amide bonds. The van der Waals surface area contributed by atoms with Crippen molar-refractivity contribution in [3.63, 3.8) is 0 Å². The van der Waals surface area contributed by atoms with Crippen LogP contribution >= 0.6 is 0 Å². The van der Waals surface area contributed by atoms with E-state index in [9.17, 15) is 30.3 Å². The van der Waals surface area contributed by atoms with Gasteiger partial charge in [0.05, 0.1) is 6.61 Å². The third kappa shape index (κ3) is 4.70. The van der Waals surface area contributed by atoms with Crippen molar-refractivity contribution < 1.29 is 35.4 Å². The molecule has 0 aliphatic rings. The Morgan fingerprint density at radius 2 is 1.59 bits per heavy atom. The van der Waals surface area contributed by atoms with Gasteiger partial charge in [0.15, 0.2) is 0 Å². The minimum absolute atomic E-state index is 0.330. The van der Waals surface area contributed by atoms with Gasteiger partial charge in [-0.15, -0.1) is 0 Å². The second kappa shape index (κ2) is 8.74. The fourth-order valence-electron chi connectivity index (χ4n) is 1.81. The maximum atomic E-state index is 10.9. The highest BCUT2D eigenvalue weighted by Gasteiger charge is 2.35. The minimum atomic E-state index is -1.97. The van der Waals surface area contributed by atoms with Crippen LogP contribution in [0.5, 0.6) is 0 Å². The second-order valence-corrected chi connectivity index (χ2v) is 4.78. The Morgan fingerprint density at radius 3 is 2.09 bits per heavy atom. The SMILES string of the molecule is O=[C]C(=Cc1ccccc1)C(O)[C@H](O)[C@@H](O)[C@H](O)[C@H](O)CO. The molecule has 7 nitrogen and oxygen atoms in total. The van der Waals surface area contributed by atoms with E-state index in [-0.39, 0.29) is 5.57 Å². The van der Waals surface area contributed by atoms with Crippen molar-refractivity contribution in [1.29, 1.82) is 0 Å². The van der Waals surface area contributed by atoms with Crippen LogP contribution in [0.3, 0.4) is 0 Å². The fourth-order valence-corrected chi connectivity index (χ4v) is 1.81. The summed E-state index contributed by atoms with van der Waals surface area (Å²) in [7, 11) is 0. The van der Waals surface area contributed by atoms with Crippen LogP contribution in [0.2, 0.25) is 0 Å². The number of benzene rings is 1. The average molecular weight is 311 g/mol. The van der Waals surface area contributed by atoms with Crippen molar-refractivity contribution in [2.45, 2.75) is 30.5 Å². The minimum Gasteiger partial charge on any atom is -0.394 e. The standard InChI is InChI=1S/C15H19O7/c16-7-10(6-9-4-2-1-3-5-9)12(19)14(21)15(22)13(20)11(18)8-17/h1-6,11-15,17-22H,8H2/t11-,12?,13-,14+,15+/m1/s1. The van der Waals surface area contributed by atoms with Crippen molar-refractivity contribution in [2.75, 3.05) is 6.61 Å². The van der Waals surface area contributed by atoms with E-state index in [4.69, 9.17) is 5.11 Å². The van der Waals surface area contributed by atoms with Crippen LogP contribution in [0.1, 0.15) is 5.56 Å². The van der Waals surface area contributed by atoms with Crippen LogP contribution in [0.15, 0.2) is 35.9 Å². The molecular weight excluding hydrogens is 292 g/mol. The van der Waals surface area contributed by atoms with Gasteiger partial charge < -0.3 is 30.6 Å². The van der Waals surface area contributed by atoms with Crippen molar-refractivity contribution in [1.82, 2.24) is 0 Å². The number of carbonyl (C=O) groups excluding carboxylic acids is 1. The van der Waals surface area contributed by atoms with E-state index in [1.807, 2.05) is 0 Å². The molecule has 0 saturated carbocycles. The molecule has 1 radical (unpaired) electrons. The number of rotatable bonds is 8. The Hall–Kier alpha value is -1.61. The number of aliphatic hydroxyl groups is 6. The van der Waals surface area contributed by atoms with Crippen molar-refractivity contribution in [3.8, 4) is 0 Å². The van der Waals surface area contributed by atoms with E-state index < -0.39 is 37.1 Å². The van der Waals surface area contributed by atoms with E-state index in [1.54, 1.807) is 30.3 Å². The molecular formula is C15H19O7. The Balaban J connectivity index is 2.89. The monoisotopic (exact) mass is 311 g/mol. The molecule has 1 rings (SSSR count). The molecule has 22 heavy (non-hydrogen) atoms. The third-order valence-electron chi connectivity index (χ3n) is 3.16. The first-order valence-corrected chi connectivity index (χ1v) is 6.58. The quantitative estimate of drug-likeness (QED) is 0.305. The zero-order chi connectivity index (χ0) is 16.7. The van der Waals surface area contributed by atoms with Gasteiger partial charge >= 0.3 is 0 Å². The summed E-state index contributed by atoms with van der Waals surface area (Å²) in [6.07, 6.45) is -6.60. The number of hydrogen-bond donors (Lipinski definition) is 6. The molecule has 1 aromatic rings. The highest BCUT2D eigenvalue weighted by Crippen LogP contribution is 2.16. The Bertz CT molecular complexity index is 488. The van der Waals surface area contributed by atoms with Gasteiger partial charge in [0, 0.05) is 5.57 Å². The van der Waals surface area contributed by atoms with Crippen LogP contribution < -0.4 is 0 Å². The first kappa shape index (κ1) is 18.4. The summed E-state index contributed by atoms with van der Waals surface area (Å²) in [5.41, 5.74) is 0.237. The summed E-state index contributed by atoms with van der Waals surface area (Å²) in [5, 5.41) is 56.8. The van der Waals surface area contributed by atoms with Crippen LogP contribution in [0, 0.1) is 0 Å². The van der Waals surface area contributed by atoms with Crippen LogP contribution in [0.4, 0.5) is 0 Å². The summed E-state index contributed by atoms with van der Waals surface area (Å²) in [6.45, 7) is -0.840. The van der Waals surface area contributed by atoms with Crippen molar-refractivity contribution >= 4 is 12.4 Å². The Morgan fingerprint density at radius 1 is 1.00 bits per heavy atom. The largest absolute Gasteiger partial charge is 0.394 e. The lowest BCUT2D eigenvalue weighted by atomic mass is 9.94. The molecule has 0 spiro atoms. The predicted molar refractivity (Wildman–Crippen MR) is 77.2 cm³/mol. The van der Waals surface area contributed by atoms with Gasteiger partial charge in [0.2, 0.25) is 6.29 Å². The molecule has 1 unspecified atom stereocenters. The molecule has 0 heterocycles. The van der Waals surface area contributed by atoms with Crippen molar-refractivity contribution in [3.05, 3.63) is 41.5 Å². The van der Waals surface area contributed by atoms with E-state index >= 15 is 0 Å². The van der Waals surface area contributed by atoms with Crippen LogP contribution in [-0.2, 0) is 4.79 Å². The molecule has 0 aliphatic carbocycles. The molecule has 7 heteroatoms. The van der Waals surface area contributed by atoms with Gasteiger partial charge in [-0.1, -0.05) is 30.3 Å². The van der Waals surface area contributed by atoms with Gasteiger partial charge in [-0.2, -0.15) is 0 Å².